The second-order valence-electron chi connectivity index (χ2n) is 4.14. The average molecular weight is 265 g/mol. The molecule has 1 heterocycles. The van der Waals surface area contributed by atoms with Gasteiger partial charge in [0.2, 0.25) is 0 Å². The summed E-state index contributed by atoms with van der Waals surface area (Å²) in [5, 5.41) is 11.1. The van der Waals surface area contributed by atoms with E-state index in [1.165, 1.54) is 0 Å². The van der Waals surface area contributed by atoms with Gasteiger partial charge in [0.15, 0.2) is 11.5 Å². The third kappa shape index (κ3) is 2.96. The van der Waals surface area contributed by atoms with E-state index in [0.717, 1.165) is 5.56 Å². The van der Waals surface area contributed by atoms with Crippen LogP contribution in [0.3, 0.4) is 0 Å². The van der Waals surface area contributed by atoms with Crippen molar-refractivity contribution in [2.75, 3.05) is 13.2 Å². The number of ether oxygens (including phenoxy) is 2. The van der Waals surface area contributed by atoms with Gasteiger partial charge in [-0.3, -0.25) is 4.79 Å². The number of rotatable bonds is 3. The Morgan fingerprint density at radius 2 is 2.00 bits per heavy atom. The molecule has 19 heavy (non-hydrogen) atoms. The minimum Gasteiger partial charge on any atom is -0.486 e. The maximum absolute atomic E-state index is 11.2. The molecule has 0 radical (unpaired) electrons. The molecule has 1 aromatic carbocycles. The van der Waals surface area contributed by atoms with E-state index in [-0.39, 0.29) is 6.04 Å². The molecule has 0 spiro atoms. The summed E-state index contributed by atoms with van der Waals surface area (Å²) >= 11 is 0. The number of fused-ring (bicyclic) bond motifs is 1. The van der Waals surface area contributed by atoms with Crippen molar-refractivity contribution in [3.8, 4) is 11.5 Å². The second kappa shape index (κ2) is 5.60. The van der Waals surface area contributed by atoms with Crippen molar-refractivity contribution in [3.63, 3.8) is 0 Å². The number of hydrogen-bond donors (Lipinski definition) is 2. The Morgan fingerprint density at radius 1 is 1.32 bits per heavy atom. The van der Waals surface area contributed by atoms with E-state index in [2.05, 4.69) is 5.32 Å². The third-order valence-corrected chi connectivity index (χ3v) is 2.88. The number of amides is 1. The summed E-state index contributed by atoms with van der Waals surface area (Å²) in [5.41, 5.74) is 0.793. The van der Waals surface area contributed by atoms with Gasteiger partial charge in [-0.15, -0.1) is 0 Å². The molecule has 6 nitrogen and oxygen atoms in total. The number of carboxylic acid groups (broad SMARTS) is 1. The SMILES string of the molecule is CC[C@@H](NC(=O)C(=O)O)c1ccc2c(c1)OCCO2. The van der Waals surface area contributed by atoms with Crippen molar-refractivity contribution in [1.29, 1.82) is 0 Å². The molecule has 0 bridgehead atoms. The molecule has 0 aliphatic carbocycles. The summed E-state index contributed by atoms with van der Waals surface area (Å²) in [5.74, 6) is -1.22. The molecule has 102 valence electrons. The molecule has 0 saturated carbocycles. The van der Waals surface area contributed by atoms with Gasteiger partial charge >= 0.3 is 11.9 Å². The van der Waals surface area contributed by atoms with Gasteiger partial charge in [-0.25, -0.2) is 4.79 Å². The Labute approximate surface area is 110 Å². The van der Waals surface area contributed by atoms with Crippen LogP contribution in [0, 0.1) is 0 Å². The summed E-state index contributed by atoms with van der Waals surface area (Å²) in [6.45, 7) is 2.86. The Bertz CT molecular complexity index is 500. The Kier molecular flexibility index (Phi) is 3.89. The highest BCUT2D eigenvalue weighted by Crippen LogP contribution is 2.33. The minimum absolute atomic E-state index is 0.362. The maximum Gasteiger partial charge on any atom is 0.394 e. The van der Waals surface area contributed by atoms with Crippen LogP contribution in [0.15, 0.2) is 18.2 Å². The van der Waals surface area contributed by atoms with E-state index in [1.54, 1.807) is 18.2 Å². The molecule has 0 aromatic heterocycles. The first-order valence-corrected chi connectivity index (χ1v) is 6.05. The van der Waals surface area contributed by atoms with Crippen molar-refractivity contribution >= 4 is 11.9 Å². The summed E-state index contributed by atoms with van der Waals surface area (Å²) in [4.78, 5) is 21.8. The molecule has 1 amide bonds. The molecule has 1 atom stereocenters. The quantitative estimate of drug-likeness (QED) is 0.800. The van der Waals surface area contributed by atoms with Crippen molar-refractivity contribution in [2.24, 2.45) is 0 Å². The molecule has 1 aliphatic rings. The smallest absolute Gasteiger partial charge is 0.394 e. The molecular weight excluding hydrogens is 250 g/mol. The average Bonchev–Trinajstić information content (AvgIpc) is 2.43. The number of nitrogens with one attached hydrogen (secondary N) is 1. The van der Waals surface area contributed by atoms with E-state index in [0.29, 0.717) is 31.1 Å². The predicted molar refractivity (Wildman–Crippen MR) is 66.2 cm³/mol. The third-order valence-electron chi connectivity index (χ3n) is 2.88. The summed E-state index contributed by atoms with van der Waals surface area (Å²) < 4.78 is 10.9. The molecule has 6 heteroatoms. The lowest BCUT2D eigenvalue weighted by atomic mass is 10.0. The molecule has 0 saturated heterocycles. The molecule has 1 aliphatic heterocycles. The number of hydrogen-bond acceptors (Lipinski definition) is 4. The first kappa shape index (κ1) is 13.2. The van der Waals surface area contributed by atoms with Gasteiger partial charge in [0.25, 0.3) is 0 Å². The van der Waals surface area contributed by atoms with E-state index in [1.807, 2.05) is 6.92 Å². The van der Waals surface area contributed by atoms with Crippen LogP contribution in [0.4, 0.5) is 0 Å². The molecule has 0 unspecified atom stereocenters. The van der Waals surface area contributed by atoms with Crippen molar-refractivity contribution in [1.82, 2.24) is 5.32 Å². The van der Waals surface area contributed by atoms with Crippen molar-refractivity contribution in [2.45, 2.75) is 19.4 Å². The number of benzene rings is 1. The Morgan fingerprint density at radius 3 is 2.63 bits per heavy atom. The van der Waals surface area contributed by atoms with Crippen LogP contribution in [0.2, 0.25) is 0 Å². The fraction of sp³-hybridized carbons (Fsp3) is 0.385. The highest BCUT2D eigenvalue weighted by molar-refractivity contribution is 6.31. The predicted octanol–water partition coefficient (Wildman–Crippen LogP) is 1.11. The second-order valence-corrected chi connectivity index (χ2v) is 4.14. The zero-order chi connectivity index (χ0) is 13.8. The van der Waals surface area contributed by atoms with Gasteiger partial charge < -0.3 is 19.9 Å². The van der Waals surface area contributed by atoms with Gasteiger partial charge in [0.05, 0.1) is 6.04 Å². The van der Waals surface area contributed by atoms with Crippen LogP contribution in [-0.2, 0) is 9.59 Å². The first-order chi connectivity index (χ1) is 9.11. The van der Waals surface area contributed by atoms with Crippen LogP contribution < -0.4 is 14.8 Å². The summed E-state index contributed by atoms with van der Waals surface area (Å²) in [7, 11) is 0. The van der Waals surface area contributed by atoms with E-state index < -0.39 is 11.9 Å². The van der Waals surface area contributed by atoms with Crippen molar-refractivity contribution in [3.05, 3.63) is 23.8 Å². The number of carboxylic acids is 1. The Hall–Kier alpha value is -2.24. The molecular formula is C13H15NO5. The monoisotopic (exact) mass is 265 g/mol. The fourth-order valence-electron chi connectivity index (χ4n) is 1.92. The van der Waals surface area contributed by atoms with Crippen LogP contribution in [0.25, 0.3) is 0 Å². The molecule has 1 aromatic rings. The van der Waals surface area contributed by atoms with Crippen LogP contribution in [-0.4, -0.2) is 30.2 Å². The van der Waals surface area contributed by atoms with Crippen molar-refractivity contribution < 1.29 is 24.2 Å². The van der Waals surface area contributed by atoms with Crippen LogP contribution >= 0.6 is 0 Å². The highest BCUT2D eigenvalue weighted by Gasteiger charge is 2.20. The first-order valence-electron chi connectivity index (χ1n) is 6.05. The number of aliphatic carboxylic acids is 1. The molecule has 2 N–H and O–H groups in total. The van der Waals surface area contributed by atoms with E-state index in [4.69, 9.17) is 14.6 Å². The van der Waals surface area contributed by atoms with Gasteiger partial charge in [-0.05, 0) is 24.1 Å². The normalized spacial score (nSPS) is 14.6. The standard InChI is InChI=1S/C13H15NO5/c1-2-9(14-12(15)13(16)17)8-3-4-10-11(7-8)19-6-5-18-10/h3-4,7,9H,2,5-6H2,1H3,(H,14,15)(H,16,17)/t9-/m1/s1. The molecule has 2 rings (SSSR count). The summed E-state index contributed by atoms with van der Waals surface area (Å²) in [6.07, 6.45) is 0.582. The van der Waals surface area contributed by atoms with E-state index >= 15 is 0 Å². The van der Waals surface area contributed by atoms with Crippen LogP contribution in [0.1, 0.15) is 24.9 Å². The van der Waals surface area contributed by atoms with Gasteiger partial charge in [-0.2, -0.15) is 0 Å². The number of carbonyl (C=O) groups is 2. The lowest BCUT2D eigenvalue weighted by Crippen LogP contribution is -2.33. The topological polar surface area (TPSA) is 84.9 Å². The zero-order valence-corrected chi connectivity index (χ0v) is 10.5. The minimum atomic E-state index is -1.49. The lowest BCUT2D eigenvalue weighted by molar-refractivity contribution is -0.150. The summed E-state index contributed by atoms with van der Waals surface area (Å²) in [6, 6.07) is 4.97. The lowest BCUT2D eigenvalue weighted by Gasteiger charge is -2.21. The number of carbonyl (C=O) groups excluding carboxylic acids is 1. The Balaban J connectivity index is 2.18. The van der Waals surface area contributed by atoms with E-state index in [9.17, 15) is 9.59 Å². The fourth-order valence-corrected chi connectivity index (χ4v) is 1.92. The molecule has 0 fully saturated rings. The van der Waals surface area contributed by atoms with Gasteiger partial charge in [0, 0.05) is 0 Å². The maximum atomic E-state index is 11.2. The zero-order valence-electron chi connectivity index (χ0n) is 10.5. The largest absolute Gasteiger partial charge is 0.486 e. The highest BCUT2D eigenvalue weighted by atomic mass is 16.6. The van der Waals surface area contributed by atoms with Crippen LogP contribution in [0.5, 0.6) is 11.5 Å². The van der Waals surface area contributed by atoms with Gasteiger partial charge in [-0.1, -0.05) is 13.0 Å². The van der Waals surface area contributed by atoms with Gasteiger partial charge in [0.1, 0.15) is 13.2 Å².